The minimum atomic E-state index is -0.691. The van der Waals surface area contributed by atoms with Crippen molar-refractivity contribution in [3.8, 4) is 5.75 Å². The van der Waals surface area contributed by atoms with Crippen LogP contribution in [0.5, 0.6) is 5.75 Å². The molecule has 142 valence electrons. The SMILES string of the molecule is CC(Oc1cccc(NC(=O)c2ccc(Cl)cc2)c1)C(=O)c1ccc(Cl)cc1. The second kappa shape index (κ2) is 8.91. The van der Waals surface area contributed by atoms with E-state index in [0.717, 1.165) is 0 Å². The van der Waals surface area contributed by atoms with Crippen molar-refractivity contribution >= 4 is 40.6 Å². The third kappa shape index (κ3) is 5.12. The molecule has 1 N–H and O–H groups in total. The Labute approximate surface area is 173 Å². The number of rotatable bonds is 6. The normalized spacial score (nSPS) is 11.5. The molecule has 3 rings (SSSR count). The summed E-state index contributed by atoms with van der Waals surface area (Å²) in [7, 11) is 0. The summed E-state index contributed by atoms with van der Waals surface area (Å²) in [5.41, 5.74) is 1.56. The molecular formula is C22H17Cl2NO3. The molecule has 0 saturated carbocycles. The Morgan fingerprint density at radius 2 is 1.43 bits per heavy atom. The van der Waals surface area contributed by atoms with E-state index in [1.165, 1.54) is 0 Å². The molecule has 28 heavy (non-hydrogen) atoms. The first-order valence-electron chi connectivity index (χ1n) is 8.56. The van der Waals surface area contributed by atoms with Gasteiger partial charge in [-0.15, -0.1) is 0 Å². The molecule has 6 heteroatoms. The lowest BCUT2D eigenvalue weighted by molar-refractivity contribution is 0.0818. The molecule has 0 radical (unpaired) electrons. The summed E-state index contributed by atoms with van der Waals surface area (Å²) in [5.74, 6) is 0.0510. The van der Waals surface area contributed by atoms with Gasteiger partial charge in [0.1, 0.15) is 5.75 Å². The summed E-state index contributed by atoms with van der Waals surface area (Å²) < 4.78 is 5.75. The van der Waals surface area contributed by atoms with Crippen molar-refractivity contribution in [2.75, 3.05) is 5.32 Å². The van der Waals surface area contributed by atoms with Crippen LogP contribution in [0, 0.1) is 0 Å². The fourth-order valence-corrected chi connectivity index (χ4v) is 2.81. The lowest BCUT2D eigenvalue weighted by Gasteiger charge is -2.15. The molecule has 0 aliphatic carbocycles. The number of carbonyl (C=O) groups excluding carboxylic acids is 2. The molecule has 0 fully saturated rings. The number of carbonyl (C=O) groups is 2. The van der Waals surface area contributed by atoms with Crippen LogP contribution in [-0.4, -0.2) is 17.8 Å². The highest BCUT2D eigenvalue weighted by Crippen LogP contribution is 2.21. The van der Waals surface area contributed by atoms with Crippen molar-refractivity contribution in [3.63, 3.8) is 0 Å². The predicted octanol–water partition coefficient (Wildman–Crippen LogP) is 5.90. The van der Waals surface area contributed by atoms with E-state index in [1.54, 1.807) is 79.7 Å². The molecule has 1 amide bonds. The number of hydrogen-bond acceptors (Lipinski definition) is 3. The smallest absolute Gasteiger partial charge is 0.255 e. The summed E-state index contributed by atoms with van der Waals surface area (Å²) in [6.07, 6.45) is -0.691. The third-order valence-corrected chi connectivity index (χ3v) is 4.51. The van der Waals surface area contributed by atoms with Gasteiger partial charge in [-0.05, 0) is 67.6 Å². The lowest BCUT2D eigenvalue weighted by Crippen LogP contribution is -2.24. The van der Waals surface area contributed by atoms with E-state index in [1.807, 2.05) is 0 Å². The number of benzene rings is 3. The van der Waals surface area contributed by atoms with Gasteiger partial charge in [0.25, 0.3) is 5.91 Å². The molecule has 0 heterocycles. The van der Waals surface area contributed by atoms with Crippen LogP contribution in [0.3, 0.4) is 0 Å². The monoisotopic (exact) mass is 413 g/mol. The van der Waals surface area contributed by atoms with Crippen LogP contribution < -0.4 is 10.1 Å². The molecule has 0 spiro atoms. The predicted molar refractivity (Wildman–Crippen MR) is 112 cm³/mol. The van der Waals surface area contributed by atoms with Crippen LogP contribution in [0.15, 0.2) is 72.8 Å². The number of ether oxygens (including phenoxy) is 1. The van der Waals surface area contributed by atoms with E-state index < -0.39 is 6.10 Å². The number of ketones is 1. The first-order chi connectivity index (χ1) is 13.4. The van der Waals surface area contributed by atoms with Gasteiger partial charge in [0.15, 0.2) is 6.10 Å². The molecule has 1 unspecified atom stereocenters. The Balaban J connectivity index is 1.67. The zero-order valence-corrected chi connectivity index (χ0v) is 16.5. The maximum Gasteiger partial charge on any atom is 0.255 e. The van der Waals surface area contributed by atoms with Gasteiger partial charge in [0.2, 0.25) is 5.78 Å². The molecule has 4 nitrogen and oxygen atoms in total. The Morgan fingerprint density at radius 3 is 2.04 bits per heavy atom. The Hall–Kier alpha value is -2.82. The van der Waals surface area contributed by atoms with Gasteiger partial charge in [0.05, 0.1) is 0 Å². The zero-order valence-electron chi connectivity index (χ0n) is 15.0. The van der Waals surface area contributed by atoms with E-state index in [0.29, 0.717) is 32.6 Å². The Morgan fingerprint density at radius 1 is 0.857 bits per heavy atom. The summed E-state index contributed by atoms with van der Waals surface area (Å²) >= 11 is 11.7. The highest BCUT2D eigenvalue weighted by molar-refractivity contribution is 6.31. The van der Waals surface area contributed by atoms with Crippen LogP contribution in [0.4, 0.5) is 5.69 Å². The molecule has 0 saturated heterocycles. The van der Waals surface area contributed by atoms with Crippen LogP contribution in [0.2, 0.25) is 10.0 Å². The van der Waals surface area contributed by atoms with Crippen molar-refractivity contribution in [1.29, 1.82) is 0 Å². The van der Waals surface area contributed by atoms with Crippen LogP contribution in [0.1, 0.15) is 27.6 Å². The molecule has 0 bridgehead atoms. The number of nitrogens with one attached hydrogen (secondary N) is 1. The van der Waals surface area contributed by atoms with Gasteiger partial charge < -0.3 is 10.1 Å². The van der Waals surface area contributed by atoms with Gasteiger partial charge in [0, 0.05) is 32.9 Å². The number of anilines is 1. The second-order valence-corrected chi connectivity index (χ2v) is 6.99. The molecule has 0 aliphatic heterocycles. The first-order valence-corrected chi connectivity index (χ1v) is 9.31. The molecule has 0 aromatic heterocycles. The van der Waals surface area contributed by atoms with E-state index in [-0.39, 0.29) is 11.7 Å². The number of Topliss-reactive ketones (excluding diaryl/α,β-unsaturated/α-hetero) is 1. The van der Waals surface area contributed by atoms with Gasteiger partial charge in [-0.1, -0.05) is 29.3 Å². The van der Waals surface area contributed by atoms with Crippen LogP contribution >= 0.6 is 23.2 Å². The summed E-state index contributed by atoms with van der Waals surface area (Å²) in [5, 5.41) is 3.92. The minimum Gasteiger partial charge on any atom is -0.482 e. The number of halogens is 2. The first kappa shape index (κ1) is 19.9. The highest BCUT2D eigenvalue weighted by Gasteiger charge is 2.17. The van der Waals surface area contributed by atoms with Crippen molar-refractivity contribution in [1.82, 2.24) is 0 Å². The van der Waals surface area contributed by atoms with Crippen molar-refractivity contribution in [2.24, 2.45) is 0 Å². The largest absolute Gasteiger partial charge is 0.482 e. The summed E-state index contributed by atoms with van der Waals surface area (Å²) in [4.78, 5) is 24.8. The third-order valence-electron chi connectivity index (χ3n) is 4.01. The lowest BCUT2D eigenvalue weighted by atomic mass is 10.1. The average Bonchev–Trinajstić information content (AvgIpc) is 2.68. The van der Waals surface area contributed by atoms with Crippen molar-refractivity contribution in [2.45, 2.75) is 13.0 Å². The zero-order chi connectivity index (χ0) is 20.1. The van der Waals surface area contributed by atoms with Gasteiger partial charge in [-0.3, -0.25) is 9.59 Å². The average molecular weight is 414 g/mol. The maximum atomic E-state index is 12.5. The summed E-state index contributed by atoms with van der Waals surface area (Å²) in [6.45, 7) is 1.68. The number of hydrogen-bond donors (Lipinski definition) is 1. The topological polar surface area (TPSA) is 55.4 Å². The second-order valence-electron chi connectivity index (χ2n) is 6.12. The fraction of sp³-hybridized carbons (Fsp3) is 0.0909. The summed E-state index contributed by atoms with van der Waals surface area (Å²) in [6, 6.07) is 20.1. The molecule has 0 aliphatic rings. The minimum absolute atomic E-state index is 0.160. The van der Waals surface area contributed by atoms with E-state index in [9.17, 15) is 9.59 Å². The highest BCUT2D eigenvalue weighted by atomic mass is 35.5. The molecular weight excluding hydrogens is 397 g/mol. The standard InChI is InChI=1S/C22H17Cl2NO3/c1-14(21(26)15-5-9-17(23)10-6-15)28-20-4-2-3-19(13-20)25-22(27)16-7-11-18(24)12-8-16/h2-14H,1H3,(H,25,27). The molecule has 3 aromatic rings. The van der Waals surface area contributed by atoms with Gasteiger partial charge >= 0.3 is 0 Å². The fourth-order valence-electron chi connectivity index (χ4n) is 2.56. The maximum absolute atomic E-state index is 12.5. The molecule has 3 aromatic carbocycles. The quantitative estimate of drug-likeness (QED) is 0.512. The van der Waals surface area contributed by atoms with E-state index in [2.05, 4.69) is 5.32 Å². The Bertz CT molecular complexity index is 985. The van der Waals surface area contributed by atoms with Crippen LogP contribution in [0.25, 0.3) is 0 Å². The number of amides is 1. The van der Waals surface area contributed by atoms with E-state index >= 15 is 0 Å². The molecule has 1 atom stereocenters. The van der Waals surface area contributed by atoms with Crippen molar-refractivity contribution in [3.05, 3.63) is 94.0 Å². The van der Waals surface area contributed by atoms with E-state index in [4.69, 9.17) is 27.9 Å². The van der Waals surface area contributed by atoms with Gasteiger partial charge in [-0.2, -0.15) is 0 Å². The van der Waals surface area contributed by atoms with Crippen LogP contribution in [-0.2, 0) is 0 Å². The Kier molecular flexibility index (Phi) is 6.34. The van der Waals surface area contributed by atoms with Gasteiger partial charge in [-0.25, -0.2) is 0 Å². The van der Waals surface area contributed by atoms with Crippen molar-refractivity contribution < 1.29 is 14.3 Å².